The van der Waals surface area contributed by atoms with Crippen molar-refractivity contribution in [2.75, 3.05) is 0 Å². The Morgan fingerprint density at radius 2 is 2.37 bits per heavy atom. The van der Waals surface area contributed by atoms with Crippen molar-refractivity contribution in [1.29, 1.82) is 0 Å². The van der Waals surface area contributed by atoms with Gasteiger partial charge in [-0.05, 0) is 12.0 Å². The maximum Gasteiger partial charge on any atom is 0.268 e. The highest BCUT2D eigenvalue weighted by molar-refractivity contribution is 6.30. The lowest BCUT2D eigenvalue weighted by atomic mass is 10.1. The Bertz CT molecular complexity index is 562. The van der Waals surface area contributed by atoms with Crippen molar-refractivity contribution in [1.82, 2.24) is 20.4 Å². The zero-order valence-electron chi connectivity index (χ0n) is 10.7. The predicted molar refractivity (Wildman–Crippen MR) is 69.8 cm³/mol. The molecule has 0 aliphatic carbocycles. The summed E-state index contributed by atoms with van der Waals surface area (Å²) in [4.78, 5) is 18.7. The molecule has 0 aliphatic heterocycles. The Hall–Kier alpha value is -1.82. The fourth-order valence-corrected chi connectivity index (χ4v) is 1.71. The van der Waals surface area contributed by atoms with Gasteiger partial charge in [0.2, 0.25) is 5.89 Å². The summed E-state index contributed by atoms with van der Waals surface area (Å²) in [6.45, 7) is 4.36. The third-order valence-corrected chi connectivity index (χ3v) is 2.61. The SMILES string of the molecule is CC(C)Cc1nc(CNC(=O)c2cc(Cl)c[nH]2)no1. The third-order valence-electron chi connectivity index (χ3n) is 2.39. The second-order valence-corrected chi connectivity index (χ2v) is 5.05. The molecule has 0 aromatic carbocycles. The monoisotopic (exact) mass is 282 g/mol. The minimum atomic E-state index is -0.262. The number of hydrogen-bond donors (Lipinski definition) is 2. The van der Waals surface area contributed by atoms with Crippen LogP contribution in [0.1, 0.15) is 36.1 Å². The number of hydrogen-bond acceptors (Lipinski definition) is 4. The smallest absolute Gasteiger partial charge is 0.268 e. The quantitative estimate of drug-likeness (QED) is 0.880. The van der Waals surface area contributed by atoms with Crippen LogP contribution in [0.4, 0.5) is 0 Å². The first-order valence-electron chi connectivity index (χ1n) is 5.98. The van der Waals surface area contributed by atoms with Gasteiger partial charge in [-0.15, -0.1) is 0 Å². The van der Waals surface area contributed by atoms with E-state index in [1.54, 1.807) is 12.3 Å². The number of carbonyl (C=O) groups excluding carboxylic acids is 1. The maximum absolute atomic E-state index is 11.7. The highest BCUT2D eigenvalue weighted by atomic mass is 35.5. The van der Waals surface area contributed by atoms with Crippen LogP contribution in [0.5, 0.6) is 0 Å². The molecule has 1 amide bonds. The summed E-state index contributed by atoms with van der Waals surface area (Å²) < 4.78 is 5.08. The minimum absolute atomic E-state index is 0.219. The zero-order valence-corrected chi connectivity index (χ0v) is 11.5. The number of nitrogens with one attached hydrogen (secondary N) is 2. The van der Waals surface area contributed by atoms with Crippen molar-refractivity contribution in [3.8, 4) is 0 Å². The first-order valence-corrected chi connectivity index (χ1v) is 6.36. The molecule has 2 heterocycles. The molecule has 0 atom stereocenters. The van der Waals surface area contributed by atoms with Crippen molar-refractivity contribution in [2.45, 2.75) is 26.8 Å². The fraction of sp³-hybridized carbons (Fsp3) is 0.417. The first kappa shape index (κ1) is 13.6. The number of carbonyl (C=O) groups is 1. The number of aromatic amines is 1. The van der Waals surface area contributed by atoms with E-state index in [0.717, 1.165) is 6.42 Å². The molecular formula is C12H15ClN4O2. The van der Waals surface area contributed by atoms with Crippen LogP contribution in [0.15, 0.2) is 16.8 Å². The van der Waals surface area contributed by atoms with Crippen LogP contribution in [0.25, 0.3) is 0 Å². The van der Waals surface area contributed by atoms with Gasteiger partial charge in [-0.1, -0.05) is 30.6 Å². The molecule has 2 aromatic heterocycles. The Balaban J connectivity index is 1.88. The number of nitrogens with zero attached hydrogens (tertiary/aromatic N) is 2. The Morgan fingerprint density at radius 3 is 3.00 bits per heavy atom. The van der Waals surface area contributed by atoms with E-state index < -0.39 is 0 Å². The van der Waals surface area contributed by atoms with Crippen LogP contribution in [-0.2, 0) is 13.0 Å². The van der Waals surface area contributed by atoms with Crippen LogP contribution in [0.3, 0.4) is 0 Å². The van der Waals surface area contributed by atoms with E-state index in [4.69, 9.17) is 16.1 Å². The average Bonchev–Trinajstić information content (AvgIpc) is 2.94. The number of amides is 1. The van der Waals surface area contributed by atoms with Gasteiger partial charge in [0.25, 0.3) is 5.91 Å². The zero-order chi connectivity index (χ0) is 13.8. The normalized spacial score (nSPS) is 10.9. The predicted octanol–water partition coefficient (Wildman–Crippen LogP) is 2.18. The van der Waals surface area contributed by atoms with Gasteiger partial charge in [0.15, 0.2) is 5.82 Å². The van der Waals surface area contributed by atoms with Crippen LogP contribution >= 0.6 is 11.6 Å². The molecule has 0 saturated heterocycles. The van der Waals surface area contributed by atoms with Gasteiger partial charge >= 0.3 is 0 Å². The molecular weight excluding hydrogens is 268 g/mol. The summed E-state index contributed by atoms with van der Waals surface area (Å²) in [6.07, 6.45) is 2.28. The summed E-state index contributed by atoms with van der Waals surface area (Å²) in [6, 6.07) is 1.55. The number of rotatable bonds is 5. The summed E-state index contributed by atoms with van der Waals surface area (Å²) in [5.41, 5.74) is 0.399. The Kier molecular flexibility index (Phi) is 4.21. The van der Waals surface area contributed by atoms with Crippen molar-refractivity contribution in [2.24, 2.45) is 5.92 Å². The molecule has 2 rings (SSSR count). The van der Waals surface area contributed by atoms with Crippen molar-refractivity contribution in [3.63, 3.8) is 0 Å². The van der Waals surface area contributed by atoms with Gasteiger partial charge in [-0.25, -0.2) is 0 Å². The molecule has 7 heteroatoms. The third kappa shape index (κ3) is 3.82. The molecule has 6 nitrogen and oxygen atoms in total. The van der Waals surface area contributed by atoms with Gasteiger partial charge in [0.05, 0.1) is 11.6 Å². The summed E-state index contributed by atoms with van der Waals surface area (Å²) in [7, 11) is 0. The summed E-state index contributed by atoms with van der Waals surface area (Å²) in [5.74, 6) is 1.23. The Morgan fingerprint density at radius 1 is 1.58 bits per heavy atom. The second-order valence-electron chi connectivity index (χ2n) is 4.62. The van der Waals surface area contributed by atoms with Crippen LogP contribution in [0, 0.1) is 5.92 Å². The van der Waals surface area contributed by atoms with Crippen molar-refractivity contribution < 1.29 is 9.32 Å². The van der Waals surface area contributed by atoms with Crippen molar-refractivity contribution >= 4 is 17.5 Å². The number of H-pyrrole nitrogens is 1. The molecule has 19 heavy (non-hydrogen) atoms. The van der Waals surface area contributed by atoms with E-state index in [0.29, 0.717) is 28.3 Å². The lowest BCUT2D eigenvalue weighted by molar-refractivity contribution is 0.0945. The largest absolute Gasteiger partial charge is 0.356 e. The molecule has 0 bridgehead atoms. The summed E-state index contributed by atoms with van der Waals surface area (Å²) in [5, 5.41) is 6.97. The van der Waals surface area contributed by atoms with E-state index in [1.807, 2.05) is 0 Å². The van der Waals surface area contributed by atoms with Gasteiger partial charge in [0, 0.05) is 12.6 Å². The molecule has 102 valence electrons. The first-order chi connectivity index (χ1) is 9.04. The molecule has 0 unspecified atom stereocenters. The van der Waals surface area contributed by atoms with E-state index in [-0.39, 0.29) is 12.5 Å². The van der Waals surface area contributed by atoms with Crippen molar-refractivity contribution in [3.05, 3.63) is 34.7 Å². The molecule has 0 saturated carbocycles. The van der Waals surface area contributed by atoms with Crippen LogP contribution in [0.2, 0.25) is 5.02 Å². The molecule has 0 spiro atoms. The minimum Gasteiger partial charge on any atom is -0.356 e. The lowest BCUT2D eigenvalue weighted by Gasteiger charge is -1.99. The second kappa shape index (κ2) is 5.88. The molecule has 2 aromatic rings. The maximum atomic E-state index is 11.7. The highest BCUT2D eigenvalue weighted by Gasteiger charge is 2.11. The molecule has 0 fully saturated rings. The highest BCUT2D eigenvalue weighted by Crippen LogP contribution is 2.09. The van der Waals surface area contributed by atoms with Gasteiger partial charge < -0.3 is 14.8 Å². The van der Waals surface area contributed by atoms with Crippen LogP contribution in [-0.4, -0.2) is 21.0 Å². The lowest BCUT2D eigenvalue weighted by Crippen LogP contribution is -2.23. The molecule has 0 radical (unpaired) electrons. The Labute approximate surface area is 115 Å². The van der Waals surface area contributed by atoms with E-state index >= 15 is 0 Å². The molecule has 2 N–H and O–H groups in total. The van der Waals surface area contributed by atoms with E-state index in [2.05, 4.69) is 34.3 Å². The number of aromatic nitrogens is 3. The number of halogens is 1. The topological polar surface area (TPSA) is 83.8 Å². The average molecular weight is 283 g/mol. The van der Waals surface area contributed by atoms with E-state index in [9.17, 15) is 4.79 Å². The van der Waals surface area contributed by atoms with Gasteiger partial charge in [0.1, 0.15) is 5.69 Å². The summed E-state index contributed by atoms with van der Waals surface area (Å²) >= 11 is 5.72. The standard InChI is InChI=1S/C12H15ClN4O2/c1-7(2)3-11-16-10(17-19-11)6-15-12(18)9-4-8(13)5-14-9/h4-5,7,14H,3,6H2,1-2H3,(H,15,18). The van der Waals surface area contributed by atoms with E-state index in [1.165, 1.54) is 0 Å². The van der Waals surface area contributed by atoms with Gasteiger partial charge in [-0.2, -0.15) is 4.98 Å². The fourth-order valence-electron chi connectivity index (χ4n) is 1.55. The van der Waals surface area contributed by atoms with Crippen LogP contribution < -0.4 is 5.32 Å². The van der Waals surface area contributed by atoms with Gasteiger partial charge in [-0.3, -0.25) is 4.79 Å². The molecule has 0 aliphatic rings.